The Morgan fingerprint density at radius 3 is 2.53 bits per heavy atom. The molecule has 1 aliphatic heterocycles. The Kier molecular flexibility index (Phi) is 5.64. The molecule has 2 aromatic rings. The number of piperidine rings is 1. The highest BCUT2D eigenvalue weighted by Crippen LogP contribution is 2.51. The van der Waals surface area contributed by atoms with Crippen LogP contribution in [0.3, 0.4) is 0 Å². The molecule has 4 rings (SSSR count). The number of aliphatic hydroxyl groups is 1. The van der Waals surface area contributed by atoms with E-state index in [1.54, 1.807) is 30.2 Å². The molecule has 9 nitrogen and oxygen atoms in total. The maximum atomic E-state index is 13.0. The molecular weight excluding hydrogens is 386 g/mol. The minimum absolute atomic E-state index is 0.0949. The predicted molar refractivity (Wildman–Crippen MR) is 108 cm³/mol. The highest BCUT2D eigenvalue weighted by molar-refractivity contribution is 5.92. The minimum atomic E-state index is -1.14. The molecule has 1 aliphatic carbocycles. The lowest BCUT2D eigenvalue weighted by Crippen LogP contribution is -2.59. The van der Waals surface area contributed by atoms with Crippen molar-refractivity contribution in [2.24, 2.45) is 18.9 Å². The molecule has 1 amide bonds. The van der Waals surface area contributed by atoms with E-state index in [0.29, 0.717) is 43.4 Å². The first-order valence-corrected chi connectivity index (χ1v) is 10.6. The second-order valence-electron chi connectivity index (χ2n) is 7.97. The van der Waals surface area contributed by atoms with E-state index in [9.17, 15) is 9.90 Å². The number of nitrogens with zero attached hydrogens (tertiary/aromatic N) is 5. The number of hydrogen-bond donors (Lipinski definition) is 1. The van der Waals surface area contributed by atoms with Crippen LogP contribution in [0.25, 0.3) is 0 Å². The van der Waals surface area contributed by atoms with Crippen molar-refractivity contribution in [3.63, 3.8) is 0 Å². The number of hydrogen-bond acceptors (Lipinski definition) is 7. The highest BCUT2D eigenvalue weighted by Gasteiger charge is 2.54. The number of likely N-dealkylation sites (tertiary alicyclic amines) is 1. The van der Waals surface area contributed by atoms with Crippen LogP contribution >= 0.6 is 0 Å². The van der Waals surface area contributed by atoms with Crippen LogP contribution in [0.5, 0.6) is 11.9 Å². The Morgan fingerprint density at radius 1 is 1.23 bits per heavy atom. The molecule has 9 heteroatoms. The second-order valence-corrected chi connectivity index (χ2v) is 7.97. The van der Waals surface area contributed by atoms with Crippen molar-refractivity contribution in [3.05, 3.63) is 29.7 Å². The molecule has 2 aliphatic rings. The summed E-state index contributed by atoms with van der Waals surface area (Å²) in [5.74, 6) is 0.0131. The molecule has 0 aromatic carbocycles. The van der Waals surface area contributed by atoms with Gasteiger partial charge in [-0.3, -0.25) is 9.48 Å². The van der Waals surface area contributed by atoms with Gasteiger partial charge in [-0.05, 0) is 32.8 Å². The third-order valence-electron chi connectivity index (χ3n) is 6.17. The Morgan fingerprint density at radius 2 is 1.93 bits per heavy atom. The number of ether oxygens (including phenoxy) is 2. The predicted octanol–water partition coefficient (Wildman–Crippen LogP) is 1.77. The lowest BCUT2D eigenvalue weighted by molar-refractivity contribution is -0.141. The molecule has 0 radical (unpaired) electrons. The Bertz CT molecular complexity index is 901. The van der Waals surface area contributed by atoms with Gasteiger partial charge in [-0.25, -0.2) is 4.98 Å². The van der Waals surface area contributed by atoms with Crippen molar-refractivity contribution in [2.45, 2.75) is 38.7 Å². The molecule has 3 heterocycles. The summed E-state index contributed by atoms with van der Waals surface area (Å²) in [5, 5.41) is 16.2. The first kappa shape index (κ1) is 20.6. The summed E-state index contributed by atoms with van der Waals surface area (Å²) >= 11 is 0. The van der Waals surface area contributed by atoms with Crippen molar-refractivity contribution >= 4 is 5.91 Å². The van der Waals surface area contributed by atoms with Gasteiger partial charge in [0.05, 0.1) is 18.8 Å². The van der Waals surface area contributed by atoms with Gasteiger partial charge < -0.3 is 19.5 Å². The molecule has 2 unspecified atom stereocenters. The average molecular weight is 415 g/mol. The third kappa shape index (κ3) is 3.51. The maximum Gasteiger partial charge on any atom is 0.319 e. The highest BCUT2D eigenvalue weighted by atomic mass is 16.5. The Labute approximate surface area is 176 Å². The van der Waals surface area contributed by atoms with E-state index in [0.717, 1.165) is 19.3 Å². The van der Waals surface area contributed by atoms with Crippen molar-refractivity contribution in [1.29, 1.82) is 0 Å². The number of rotatable bonds is 6. The normalized spacial score (nSPS) is 25.8. The molecule has 2 atom stereocenters. The largest absolute Gasteiger partial charge is 0.478 e. The fourth-order valence-electron chi connectivity index (χ4n) is 4.82. The van der Waals surface area contributed by atoms with Crippen LogP contribution in [-0.2, 0) is 12.6 Å². The van der Waals surface area contributed by atoms with E-state index < -0.39 is 5.60 Å². The topological polar surface area (TPSA) is 103 Å². The first-order valence-electron chi connectivity index (χ1n) is 10.6. The minimum Gasteiger partial charge on any atom is -0.478 e. The zero-order chi connectivity index (χ0) is 21.3. The van der Waals surface area contributed by atoms with E-state index in [2.05, 4.69) is 15.1 Å². The number of aryl methyl sites for hydroxylation is 1. The molecule has 1 saturated carbocycles. The number of amides is 1. The van der Waals surface area contributed by atoms with Gasteiger partial charge in [0.2, 0.25) is 5.88 Å². The van der Waals surface area contributed by atoms with Crippen molar-refractivity contribution in [3.8, 4) is 11.9 Å². The SMILES string of the molecule is CCOc1ncc(C2(O)C3CCCC2CN(C(=O)c2ccn(C)n2)C3)c(OCC)n1. The summed E-state index contributed by atoms with van der Waals surface area (Å²) in [6.45, 7) is 5.54. The molecule has 1 saturated heterocycles. The summed E-state index contributed by atoms with van der Waals surface area (Å²) in [5.41, 5.74) is -0.123. The van der Waals surface area contributed by atoms with Gasteiger partial charge in [0.1, 0.15) is 11.3 Å². The molecule has 1 N–H and O–H groups in total. The number of fused-ring (bicyclic) bond motifs is 2. The smallest absolute Gasteiger partial charge is 0.319 e. The maximum absolute atomic E-state index is 13.0. The number of aromatic nitrogens is 4. The van der Waals surface area contributed by atoms with Crippen LogP contribution in [0.1, 0.15) is 49.2 Å². The van der Waals surface area contributed by atoms with E-state index in [4.69, 9.17) is 9.47 Å². The summed E-state index contributed by atoms with van der Waals surface area (Å²) in [4.78, 5) is 23.5. The molecule has 2 fully saturated rings. The van der Waals surface area contributed by atoms with Crippen molar-refractivity contribution in [2.75, 3.05) is 26.3 Å². The number of carbonyl (C=O) groups is 1. The van der Waals surface area contributed by atoms with Gasteiger partial charge in [0.25, 0.3) is 5.91 Å². The fraction of sp³-hybridized carbons (Fsp3) is 0.619. The zero-order valence-corrected chi connectivity index (χ0v) is 17.7. The van der Waals surface area contributed by atoms with Crippen molar-refractivity contribution in [1.82, 2.24) is 24.6 Å². The second kappa shape index (κ2) is 8.22. The number of carbonyl (C=O) groups excluding carboxylic acids is 1. The quantitative estimate of drug-likeness (QED) is 0.767. The summed E-state index contributed by atoms with van der Waals surface area (Å²) in [6.07, 6.45) is 6.05. The molecule has 162 valence electrons. The van der Waals surface area contributed by atoms with Crippen LogP contribution in [0.2, 0.25) is 0 Å². The summed E-state index contributed by atoms with van der Waals surface area (Å²) in [6, 6.07) is 1.97. The summed E-state index contributed by atoms with van der Waals surface area (Å²) in [7, 11) is 1.79. The van der Waals surface area contributed by atoms with Gasteiger partial charge in [-0.2, -0.15) is 10.1 Å². The van der Waals surface area contributed by atoms with Gasteiger partial charge in [0, 0.05) is 44.4 Å². The molecular formula is C21H29N5O4. The Balaban J connectivity index is 1.65. The molecule has 30 heavy (non-hydrogen) atoms. The monoisotopic (exact) mass is 415 g/mol. The van der Waals surface area contributed by atoms with Crippen molar-refractivity contribution < 1.29 is 19.4 Å². The Hall–Kier alpha value is -2.68. The standard InChI is InChI=1S/C21H29N5O4/c1-4-29-18-16(11-22-20(23-18)30-5-2)21(28)14-7-6-8-15(21)13-26(12-14)19(27)17-9-10-25(3)24-17/h9-11,14-15,28H,4-8,12-13H2,1-3H3. The lowest BCUT2D eigenvalue weighted by atomic mass is 9.63. The van der Waals surface area contributed by atoms with Gasteiger partial charge >= 0.3 is 6.01 Å². The van der Waals surface area contributed by atoms with E-state index in [-0.39, 0.29) is 23.8 Å². The van der Waals surface area contributed by atoms with Gasteiger partial charge in [-0.15, -0.1) is 0 Å². The first-order chi connectivity index (χ1) is 14.5. The molecule has 0 spiro atoms. The summed E-state index contributed by atoms with van der Waals surface area (Å²) < 4.78 is 12.8. The van der Waals surface area contributed by atoms with Crippen LogP contribution in [0, 0.1) is 11.8 Å². The fourth-order valence-corrected chi connectivity index (χ4v) is 4.82. The van der Waals surface area contributed by atoms with E-state index in [1.807, 2.05) is 18.7 Å². The third-order valence-corrected chi connectivity index (χ3v) is 6.17. The molecule has 2 bridgehead atoms. The van der Waals surface area contributed by atoms with Gasteiger partial charge in [0.15, 0.2) is 0 Å². The zero-order valence-electron chi connectivity index (χ0n) is 17.7. The van der Waals surface area contributed by atoms with Crippen LogP contribution in [-0.4, -0.2) is 62.0 Å². The van der Waals surface area contributed by atoms with Gasteiger partial charge in [-0.1, -0.05) is 6.42 Å². The average Bonchev–Trinajstić information content (AvgIpc) is 3.14. The van der Waals surface area contributed by atoms with E-state index in [1.165, 1.54) is 0 Å². The lowest BCUT2D eigenvalue weighted by Gasteiger charge is -2.53. The molecule has 2 aromatic heterocycles. The van der Waals surface area contributed by atoms with Crippen LogP contribution < -0.4 is 9.47 Å². The van der Waals surface area contributed by atoms with Crippen LogP contribution in [0.15, 0.2) is 18.5 Å². The van der Waals surface area contributed by atoms with E-state index >= 15 is 0 Å². The van der Waals surface area contributed by atoms with Crippen LogP contribution in [0.4, 0.5) is 0 Å².